The molecule has 70 valence electrons. The molecule has 1 amide bonds. The van der Waals surface area contributed by atoms with Crippen LogP contribution in [0.25, 0.3) is 0 Å². The van der Waals surface area contributed by atoms with E-state index in [0.717, 1.165) is 13.1 Å². The number of hydrogen-bond donors (Lipinski definition) is 0. The van der Waals surface area contributed by atoms with Crippen LogP contribution in [0.2, 0.25) is 14.3 Å². The van der Waals surface area contributed by atoms with Gasteiger partial charge in [-0.1, -0.05) is 0 Å². The van der Waals surface area contributed by atoms with Gasteiger partial charge in [-0.3, -0.25) is 0 Å². The van der Waals surface area contributed by atoms with Gasteiger partial charge in [-0.05, 0) is 0 Å². The molecule has 0 aromatic carbocycles. The molecule has 1 saturated heterocycles. The quantitative estimate of drug-likeness (QED) is 0.725. The van der Waals surface area contributed by atoms with Gasteiger partial charge in [0, 0.05) is 0 Å². The summed E-state index contributed by atoms with van der Waals surface area (Å²) in [4.78, 5) is 18.4. The van der Waals surface area contributed by atoms with Crippen LogP contribution in [-0.4, -0.2) is 40.3 Å². The molecule has 1 fully saturated rings. The van der Waals surface area contributed by atoms with E-state index in [2.05, 4.69) is 21.7 Å². The predicted molar refractivity (Wildman–Crippen MR) is 54.2 cm³/mol. The van der Waals surface area contributed by atoms with Gasteiger partial charge in [0.05, 0.1) is 0 Å². The number of carbonyl (C=O) groups excluding carboxylic acids is 1. The fourth-order valence-corrected chi connectivity index (χ4v) is 8.94. The standard InChI is InChI=1S/C4H6NO.C3H7.2CH3.Sn/c6-4-5-2-1-3-5;1-3-2;;;/h1-3H2;1,3H2,2H3;2*1H3;. The van der Waals surface area contributed by atoms with Gasteiger partial charge in [0.2, 0.25) is 0 Å². The van der Waals surface area contributed by atoms with Crippen molar-refractivity contribution in [3.8, 4) is 0 Å². The second-order valence-electron chi connectivity index (χ2n) is 4.28. The van der Waals surface area contributed by atoms with Crippen molar-refractivity contribution >= 4 is 22.3 Å². The molecule has 0 radical (unpaired) electrons. The van der Waals surface area contributed by atoms with Crippen LogP contribution in [0.15, 0.2) is 0 Å². The van der Waals surface area contributed by atoms with Crippen molar-refractivity contribution in [2.24, 2.45) is 0 Å². The average molecular weight is 276 g/mol. The number of rotatable bonds is 3. The molecule has 0 aliphatic carbocycles. The van der Waals surface area contributed by atoms with Crippen molar-refractivity contribution in [3.05, 3.63) is 0 Å². The Morgan fingerprint density at radius 1 is 1.42 bits per heavy atom. The zero-order chi connectivity index (χ0) is 9.19. The fraction of sp³-hybridized carbons (Fsp3) is 0.889. The molecule has 3 heteroatoms. The summed E-state index contributed by atoms with van der Waals surface area (Å²) in [6.07, 6.45) is 2.41. The molecule has 0 aromatic rings. The summed E-state index contributed by atoms with van der Waals surface area (Å²) in [5, 5.41) is 0. The van der Waals surface area contributed by atoms with E-state index in [4.69, 9.17) is 0 Å². The molecule has 0 N–H and O–H groups in total. The molecule has 2 nitrogen and oxygen atoms in total. The molecule has 0 saturated carbocycles. The summed E-state index contributed by atoms with van der Waals surface area (Å²) in [5.41, 5.74) is 0. The number of likely N-dealkylation sites (tertiary alicyclic amines) is 1. The number of carbonyl (C=O) groups is 1. The van der Waals surface area contributed by atoms with Crippen LogP contribution in [0.3, 0.4) is 0 Å². The van der Waals surface area contributed by atoms with Crippen LogP contribution in [0, 0.1) is 0 Å². The summed E-state index contributed by atoms with van der Waals surface area (Å²) in [5.74, 6) is 0. The Labute approximate surface area is 79.2 Å². The van der Waals surface area contributed by atoms with Gasteiger partial charge in [-0.25, -0.2) is 0 Å². The van der Waals surface area contributed by atoms with E-state index in [9.17, 15) is 4.79 Å². The van der Waals surface area contributed by atoms with Gasteiger partial charge in [0.15, 0.2) is 0 Å². The van der Waals surface area contributed by atoms with Crippen molar-refractivity contribution in [1.29, 1.82) is 0 Å². The van der Waals surface area contributed by atoms with Crippen LogP contribution in [0.4, 0.5) is 4.79 Å². The van der Waals surface area contributed by atoms with Crippen molar-refractivity contribution in [2.45, 2.75) is 34.1 Å². The minimum atomic E-state index is -2.28. The van der Waals surface area contributed by atoms with E-state index in [1.54, 1.807) is 0 Å². The maximum absolute atomic E-state index is 11.9. The number of nitrogens with zero attached hydrogens (tertiary/aromatic N) is 1. The van der Waals surface area contributed by atoms with Gasteiger partial charge in [-0.15, -0.1) is 0 Å². The molecule has 0 unspecified atom stereocenters. The van der Waals surface area contributed by atoms with Crippen LogP contribution >= 0.6 is 0 Å². The molecule has 0 bridgehead atoms. The first-order valence-corrected chi connectivity index (χ1v) is 14.0. The SMILES string of the molecule is CC[CH2][Sn]([CH3])([CH3])[C](=O)N1CCC1. The molecular weight excluding hydrogens is 257 g/mol. The Balaban J connectivity index is 2.48. The molecule has 12 heavy (non-hydrogen) atoms. The normalized spacial score (nSPS) is 17.4. The van der Waals surface area contributed by atoms with Gasteiger partial charge >= 0.3 is 79.2 Å². The van der Waals surface area contributed by atoms with Crippen molar-refractivity contribution < 1.29 is 4.79 Å². The molecule has 0 spiro atoms. The summed E-state index contributed by atoms with van der Waals surface area (Å²) in [6, 6.07) is 0. The topological polar surface area (TPSA) is 20.3 Å². The molecule has 1 rings (SSSR count). The first-order chi connectivity index (χ1) is 5.58. The van der Waals surface area contributed by atoms with Crippen molar-refractivity contribution in [1.82, 2.24) is 4.90 Å². The fourth-order valence-electron chi connectivity index (χ4n) is 1.68. The molecule has 0 atom stereocenters. The van der Waals surface area contributed by atoms with Crippen LogP contribution in [0.1, 0.15) is 19.8 Å². The zero-order valence-corrected chi connectivity index (χ0v) is 11.2. The summed E-state index contributed by atoms with van der Waals surface area (Å²) in [7, 11) is 0. The Bertz CT molecular complexity index is 175. The van der Waals surface area contributed by atoms with E-state index >= 15 is 0 Å². The second kappa shape index (κ2) is 3.98. The van der Waals surface area contributed by atoms with Gasteiger partial charge in [0.25, 0.3) is 0 Å². The third-order valence-electron chi connectivity index (χ3n) is 2.60. The summed E-state index contributed by atoms with van der Waals surface area (Å²) in [6.45, 7) is 4.24. The van der Waals surface area contributed by atoms with Crippen LogP contribution in [-0.2, 0) is 0 Å². The Kier molecular flexibility index (Phi) is 3.44. The predicted octanol–water partition coefficient (Wildman–Crippen LogP) is 2.51. The molecule has 1 heterocycles. The third-order valence-corrected chi connectivity index (χ3v) is 11.8. The first kappa shape index (κ1) is 10.4. The second-order valence-corrected chi connectivity index (χ2v) is 17.7. The summed E-state index contributed by atoms with van der Waals surface area (Å²) < 4.78 is 1.77. The van der Waals surface area contributed by atoms with Crippen LogP contribution < -0.4 is 0 Å². The van der Waals surface area contributed by atoms with Gasteiger partial charge in [-0.2, -0.15) is 0 Å². The van der Waals surface area contributed by atoms with E-state index < -0.39 is 18.4 Å². The van der Waals surface area contributed by atoms with Crippen molar-refractivity contribution in [2.75, 3.05) is 13.1 Å². The summed E-state index contributed by atoms with van der Waals surface area (Å²) >= 11 is -2.28. The third kappa shape index (κ3) is 2.15. The Morgan fingerprint density at radius 2 is 2.00 bits per heavy atom. The van der Waals surface area contributed by atoms with Crippen molar-refractivity contribution in [3.63, 3.8) is 0 Å². The molecule has 0 aromatic heterocycles. The van der Waals surface area contributed by atoms with E-state index in [-0.39, 0.29) is 0 Å². The minimum absolute atomic E-state index is 0.553. The number of hydrogen-bond acceptors (Lipinski definition) is 1. The van der Waals surface area contributed by atoms with E-state index in [1.807, 2.05) is 0 Å². The monoisotopic (exact) mass is 277 g/mol. The maximum atomic E-state index is 11.9. The molecule has 1 aliphatic rings. The van der Waals surface area contributed by atoms with Gasteiger partial charge < -0.3 is 0 Å². The Morgan fingerprint density at radius 3 is 2.33 bits per heavy atom. The van der Waals surface area contributed by atoms with E-state index in [1.165, 1.54) is 17.3 Å². The molecule has 1 aliphatic heterocycles. The first-order valence-electron chi connectivity index (χ1n) is 4.87. The van der Waals surface area contributed by atoms with E-state index in [0.29, 0.717) is 3.92 Å². The van der Waals surface area contributed by atoms with Gasteiger partial charge in [0.1, 0.15) is 0 Å². The molecular formula is C9H19NOSn. The number of amides is 1. The van der Waals surface area contributed by atoms with Crippen LogP contribution in [0.5, 0.6) is 0 Å². The average Bonchev–Trinajstić information content (AvgIpc) is 1.83. The Hall–Kier alpha value is 0.269. The zero-order valence-electron chi connectivity index (χ0n) is 8.39.